The molecular weight excluding hydrogens is 223 g/mol. The van der Waals surface area contributed by atoms with Crippen LogP contribution in [-0.2, 0) is 9.47 Å². The van der Waals surface area contributed by atoms with Gasteiger partial charge in [-0.2, -0.15) is 0 Å². The van der Waals surface area contributed by atoms with Crippen molar-refractivity contribution in [2.75, 3.05) is 13.7 Å². The van der Waals surface area contributed by atoms with Crippen molar-refractivity contribution in [1.29, 1.82) is 0 Å². The van der Waals surface area contributed by atoms with E-state index in [-0.39, 0.29) is 17.7 Å². The maximum atomic E-state index is 12.7. The van der Waals surface area contributed by atoms with Gasteiger partial charge in [-0.05, 0) is 38.1 Å². The van der Waals surface area contributed by atoms with E-state index in [0.717, 1.165) is 0 Å². The first-order valence-electron chi connectivity index (χ1n) is 5.48. The summed E-state index contributed by atoms with van der Waals surface area (Å²) in [6.45, 7) is 3.94. The van der Waals surface area contributed by atoms with Crippen LogP contribution in [0.3, 0.4) is 0 Å². The second-order valence-corrected chi connectivity index (χ2v) is 3.92. The number of carbonyl (C=O) groups excluding carboxylic acids is 1. The lowest BCUT2D eigenvalue weighted by Gasteiger charge is -2.17. The highest BCUT2D eigenvalue weighted by atomic mass is 19.1. The average Bonchev–Trinajstić information content (AvgIpc) is 2.29. The number of ether oxygens (including phenoxy) is 2. The number of hydrogen-bond donors (Lipinski definition) is 0. The summed E-state index contributed by atoms with van der Waals surface area (Å²) in [4.78, 5) is 11.9. The fourth-order valence-corrected chi connectivity index (χ4v) is 1.53. The third-order valence-corrected chi connectivity index (χ3v) is 2.34. The summed E-state index contributed by atoms with van der Waals surface area (Å²) < 4.78 is 23.1. The van der Waals surface area contributed by atoms with Gasteiger partial charge in [0.15, 0.2) is 5.78 Å². The van der Waals surface area contributed by atoms with E-state index in [1.54, 1.807) is 14.0 Å². The molecule has 2 atom stereocenters. The fraction of sp³-hybridized carbons (Fsp3) is 0.462. The van der Waals surface area contributed by atoms with Crippen molar-refractivity contribution in [2.24, 2.45) is 0 Å². The minimum Gasteiger partial charge on any atom is -0.382 e. The molecule has 0 saturated heterocycles. The molecular formula is C13H17FO3. The number of hydrogen-bond acceptors (Lipinski definition) is 3. The van der Waals surface area contributed by atoms with Gasteiger partial charge in [0.1, 0.15) is 11.9 Å². The van der Waals surface area contributed by atoms with E-state index >= 15 is 0 Å². The summed E-state index contributed by atoms with van der Waals surface area (Å²) in [7, 11) is 1.58. The van der Waals surface area contributed by atoms with E-state index in [0.29, 0.717) is 12.2 Å². The zero-order valence-corrected chi connectivity index (χ0v) is 10.3. The van der Waals surface area contributed by atoms with Crippen LogP contribution in [0.5, 0.6) is 0 Å². The largest absolute Gasteiger partial charge is 0.382 e. The smallest absolute Gasteiger partial charge is 0.191 e. The van der Waals surface area contributed by atoms with Crippen molar-refractivity contribution in [3.05, 3.63) is 35.6 Å². The van der Waals surface area contributed by atoms with Crippen molar-refractivity contribution in [1.82, 2.24) is 0 Å². The van der Waals surface area contributed by atoms with Gasteiger partial charge in [-0.1, -0.05) is 0 Å². The Bertz CT molecular complexity index is 361. The van der Waals surface area contributed by atoms with Gasteiger partial charge in [0.05, 0.1) is 12.7 Å². The number of rotatable bonds is 6. The molecule has 0 spiro atoms. The number of ketones is 1. The predicted molar refractivity (Wildman–Crippen MR) is 62.6 cm³/mol. The topological polar surface area (TPSA) is 35.5 Å². The van der Waals surface area contributed by atoms with E-state index in [1.807, 2.05) is 6.92 Å². The number of benzene rings is 1. The monoisotopic (exact) mass is 240 g/mol. The molecule has 4 heteroatoms. The second kappa shape index (κ2) is 6.47. The molecule has 0 bridgehead atoms. The Balaban J connectivity index is 2.60. The third kappa shape index (κ3) is 4.24. The van der Waals surface area contributed by atoms with Crippen molar-refractivity contribution in [3.8, 4) is 0 Å². The Morgan fingerprint density at radius 3 is 2.41 bits per heavy atom. The lowest BCUT2D eigenvalue weighted by Crippen LogP contribution is -2.27. The first kappa shape index (κ1) is 13.8. The van der Waals surface area contributed by atoms with Gasteiger partial charge >= 0.3 is 0 Å². The highest BCUT2D eigenvalue weighted by Crippen LogP contribution is 2.09. The predicted octanol–water partition coefficient (Wildman–Crippen LogP) is 2.45. The van der Waals surface area contributed by atoms with Gasteiger partial charge in [-0.15, -0.1) is 0 Å². The van der Waals surface area contributed by atoms with Gasteiger partial charge in [-0.3, -0.25) is 4.79 Å². The van der Waals surface area contributed by atoms with Crippen LogP contribution in [0, 0.1) is 5.82 Å². The highest BCUT2D eigenvalue weighted by molar-refractivity contribution is 5.99. The minimum absolute atomic E-state index is 0.153. The first-order chi connectivity index (χ1) is 8.04. The van der Waals surface area contributed by atoms with Gasteiger partial charge in [0, 0.05) is 12.7 Å². The lowest BCUT2D eigenvalue weighted by molar-refractivity contribution is -0.0214. The van der Waals surface area contributed by atoms with E-state index in [4.69, 9.17) is 9.47 Å². The number of carbonyl (C=O) groups is 1. The molecule has 0 fully saturated rings. The normalized spacial score (nSPS) is 14.4. The van der Waals surface area contributed by atoms with Crippen LogP contribution < -0.4 is 0 Å². The summed E-state index contributed by atoms with van der Waals surface area (Å²) >= 11 is 0. The Morgan fingerprint density at radius 1 is 1.29 bits per heavy atom. The standard InChI is InChI=1S/C13H17FO3/c1-9(8-16-3)17-10(2)13(15)11-4-6-12(14)7-5-11/h4-7,9-10H,8H2,1-3H3. The summed E-state index contributed by atoms with van der Waals surface area (Å²) in [5.74, 6) is -0.518. The van der Waals surface area contributed by atoms with E-state index in [2.05, 4.69) is 0 Å². The zero-order chi connectivity index (χ0) is 12.8. The number of halogens is 1. The lowest BCUT2D eigenvalue weighted by atomic mass is 10.1. The van der Waals surface area contributed by atoms with E-state index < -0.39 is 6.10 Å². The molecule has 2 unspecified atom stereocenters. The quantitative estimate of drug-likeness (QED) is 0.716. The SMILES string of the molecule is COCC(C)OC(C)C(=O)c1ccc(F)cc1. The van der Waals surface area contributed by atoms with Crippen LogP contribution >= 0.6 is 0 Å². The third-order valence-electron chi connectivity index (χ3n) is 2.34. The van der Waals surface area contributed by atoms with E-state index in [1.165, 1.54) is 24.3 Å². The van der Waals surface area contributed by atoms with Gasteiger partial charge in [0.25, 0.3) is 0 Å². The molecule has 0 aliphatic carbocycles. The van der Waals surface area contributed by atoms with Gasteiger partial charge < -0.3 is 9.47 Å². The van der Waals surface area contributed by atoms with Gasteiger partial charge in [-0.25, -0.2) is 4.39 Å². The second-order valence-electron chi connectivity index (χ2n) is 3.92. The molecule has 0 aliphatic rings. The van der Waals surface area contributed by atoms with Crippen molar-refractivity contribution in [2.45, 2.75) is 26.1 Å². The molecule has 0 aromatic heterocycles. The van der Waals surface area contributed by atoms with Crippen LogP contribution in [0.15, 0.2) is 24.3 Å². The molecule has 0 amide bonds. The maximum Gasteiger partial charge on any atom is 0.191 e. The molecule has 17 heavy (non-hydrogen) atoms. The van der Waals surface area contributed by atoms with Crippen LogP contribution in [0.4, 0.5) is 4.39 Å². The summed E-state index contributed by atoms with van der Waals surface area (Å²) in [6, 6.07) is 5.44. The van der Waals surface area contributed by atoms with E-state index in [9.17, 15) is 9.18 Å². The molecule has 0 N–H and O–H groups in total. The Morgan fingerprint density at radius 2 is 1.88 bits per heavy atom. The summed E-state index contributed by atoms with van der Waals surface area (Å²) in [6.07, 6.45) is -0.718. The number of Topliss-reactive ketones (excluding diaryl/α,β-unsaturated/α-hetero) is 1. The molecule has 1 aromatic carbocycles. The molecule has 1 aromatic rings. The minimum atomic E-state index is -0.564. The van der Waals surface area contributed by atoms with Crippen LogP contribution in [0.1, 0.15) is 24.2 Å². The van der Waals surface area contributed by atoms with Crippen LogP contribution in [-0.4, -0.2) is 31.7 Å². The Labute approximate surface area is 101 Å². The maximum absolute atomic E-state index is 12.7. The molecule has 0 aliphatic heterocycles. The zero-order valence-electron chi connectivity index (χ0n) is 10.3. The van der Waals surface area contributed by atoms with Crippen LogP contribution in [0.2, 0.25) is 0 Å². The molecule has 1 rings (SSSR count). The molecule has 3 nitrogen and oxygen atoms in total. The Hall–Kier alpha value is -1.26. The molecule has 0 saturated carbocycles. The van der Waals surface area contributed by atoms with Crippen LogP contribution in [0.25, 0.3) is 0 Å². The number of methoxy groups -OCH3 is 1. The Kier molecular flexibility index (Phi) is 5.25. The molecule has 94 valence electrons. The average molecular weight is 240 g/mol. The molecule has 0 heterocycles. The highest BCUT2D eigenvalue weighted by Gasteiger charge is 2.18. The summed E-state index contributed by atoms with van der Waals surface area (Å²) in [5.41, 5.74) is 0.448. The molecule has 0 radical (unpaired) electrons. The van der Waals surface area contributed by atoms with Gasteiger partial charge in [0.2, 0.25) is 0 Å². The summed E-state index contributed by atoms with van der Waals surface area (Å²) in [5, 5.41) is 0. The first-order valence-corrected chi connectivity index (χ1v) is 5.48. The fourth-order valence-electron chi connectivity index (χ4n) is 1.53. The van der Waals surface area contributed by atoms with Crippen molar-refractivity contribution in [3.63, 3.8) is 0 Å². The van der Waals surface area contributed by atoms with Crippen molar-refractivity contribution >= 4 is 5.78 Å². The van der Waals surface area contributed by atoms with Crippen molar-refractivity contribution < 1.29 is 18.7 Å².